The van der Waals surface area contributed by atoms with Crippen LogP contribution in [0.5, 0.6) is 0 Å². The number of nitrogens with one attached hydrogen (secondary N) is 1. The maximum atomic E-state index is 12.1. The Hall–Kier alpha value is -1.31. The zero-order valence-electron chi connectivity index (χ0n) is 12.3. The first-order valence-corrected chi connectivity index (χ1v) is 7.75. The van der Waals surface area contributed by atoms with Crippen molar-refractivity contribution in [2.45, 2.75) is 30.7 Å². The number of nitrogens with two attached hydrogens (primary N) is 1. The molecule has 0 amide bonds. The van der Waals surface area contributed by atoms with Crippen LogP contribution in [0.2, 0.25) is 0 Å². The summed E-state index contributed by atoms with van der Waals surface area (Å²) in [6.07, 6.45) is 0.525. The second-order valence-corrected chi connectivity index (χ2v) is 7.67. The molecule has 0 saturated heterocycles. The Kier molecular flexibility index (Phi) is 5.01. The Morgan fingerprint density at radius 2 is 1.95 bits per heavy atom. The van der Waals surface area contributed by atoms with Gasteiger partial charge in [0.05, 0.1) is 16.3 Å². The van der Waals surface area contributed by atoms with Crippen molar-refractivity contribution in [1.29, 1.82) is 0 Å². The minimum Gasteiger partial charge on any atom is -0.397 e. The van der Waals surface area contributed by atoms with Crippen LogP contribution in [0.1, 0.15) is 20.3 Å². The number of aliphatic hydroxyl groups is 1. The molecule has 0 spiro atoms. The number of nitrogen functional groups attached to an aromatic ring is 1. The number of hydrogen-bond acceptors (Lipinski definition) is 5. The van der Waals surface area contributed by atoms with Gasteiger partial charge in [0.15, 0.2) is 0 Å². The lowest BCUT2D eigenvalue weighted by atomic mass is 10.0. The molecule has 1 aromatic rings. The van der Waals surface area contributed by atoms with Crippen LogP contribution in [0.15, 0.2) is 23.1 Å². The predicted molar refractivity (Wildman–Crippen MR) is 81.1 cm³/mol. The molecule has 0 aliphatic rings. The first-order chi connectivity index (χ1) is 9.10. The van der Waals surface area contributed by atoms with Gasteiger partial charge in [0.25, 0.3) is 0 Å². The molecule has 0 fully saturated rings. The monoisotopic (exact) mass is 301 g/mol. The highest BCUT2D eigenvalue weighted by Crippen LogP contribution is 2.27. The topological polar surface area (TPSA) is 95.7 Å². The fourth-order valence-electron chi connectivity index (χ4n) is 1.72. The van der Waals surface area contributed by atoms with Crippen molar-refractivity contribution in [3.8, 4) is 0 Å². The summed E-state index contributed by atoms with van der Waals surface area (Å²) in [5.41, 5.74) is 6.51. The number of aliphatic hydroxyl groups excluding tert-OH is 1. The van der Waals surface area contributed by atoms with Crippen molar-refractivity contribution >= 4 is 21.4 Å². The van der Waals surface area contributed by atoms with Crippen LogP contribution in [0.3, 0.4) is 0 Å². The average molecular weight is 301 g/mol. The lowest BCUT2D eigenvalue weighted by Crippen LogP contribution is -2.32. The van der Waals surface area contributed by atoms with Gasteiger partial charge in [-0.3, -0.25) is 0 Å². The van der Waals surface area contributed by atoms with Crippen molar-refractivity contribution in [1.82, 2.24) is 4.31 Å². The van der Waals surface area contributed by atoms with Crippen LogP contribution in [-0.2, 0) is 10.0 Å². The summed E-state index contributed by atoms with van der Waals surface area (Å²) in [5.74, 6) is 0. The highest BCUT2D eigenvalue weighted by atomic mass is 32.2. The van der Waals surface area contributed by atoms with E-state index in [0.717, 1.165) is 4.31 Å². The average Bonchev–Trinajstić information content (AvgIpc) is 2.31. The van der Waals surface area contributed by atoms with E-state index < -0.39 is 10.0 Å². The maximum absolute atomic E-state index is 12.1. The van der Waals surface area contributed by atoms with Gasteiger partial charge in [0, 0.05) is 26.2 Å². The number of hydrogen-bond donors (Lipinski definition) is 3. The molecule has 0 unspecified atom stereocenters. The van der Waals surface area contributed by atoms with Gasteiger partial charge in [-0.25, -0.2) is 12.7 Å². The molecule has 114 valence electrons. The van der Waals surface area contributed by atoms with E-state index >= 15 is 0 Å². The molecule has 0 saturated carbocycles. The number of nitrogens with zero attached hydrogens (tertiary/aromatic N) is 1. The highest BCUT2D eigenvalue weighted by Gasteiger charge is 2.21. The van der Waals surface area contributed by atoms with Crippen LogP contribution in [0, 0.1) is 0 Å². The predicted octanol–water partition coefficient (Wildman–Crippen LogP) is 1.09. The summed E-state index contributed by atoms with van der Waals surface area (Å²) >= 11 is 0. The van der Waals surface area contributed by atoms with Gasteiger partial charge in [0.1, 0.15) is 0 Å². The highest BCUT2D eigenvalue weighted by molar-refractivity contribution is 7.89. The summed E-state index contributed by atoms with van der Waals surface area (Å²) < 4.78 is 25.4. The van der Waals surface area contributed by atoms with Crippen LogP contribution < -0.4 is 11.1 Å². The molecular formula is C13H23N3O3S. The van der Waals surface area contributed by atoms with E-state index in [2.05, 4.69) is 5.32 Å². The first-order valence-electron chi connectivity index (χ1n) is 6.31. The maximum Gasteiger partial charge on any atom is 0.242 e. The summed E-state index contributed by atoms with van der Waals surface area (Å²) in [4.78, 5) is 0.180. The van der Waals surface area contributed by atoms with Gasteiger partial charge in [-0.2, -0.15) is 0 Å². The normalized spacial score (nSPS) is 12.7. The molecule has 1 aromatic carbocycles. The number of sulfonamides is 1. The SMILES string of the molecule is CN(C)S(=O)(=O)c1ccc(N)c(NC(C)(C)CCO)c1. The molecule has 0 radical (unpaired) electrons. The van der Waals surface area contributed by atoms with Crippen molar-refractivity contribution < 1.29 is 13.5 Å². The molecule has 0 heterocycles. The van der Waals surface area contributed by atoms with Gasteiger partial charge in [0.2, 0.25) is 10.0 Å². The first kappa shape index (κ1) is 16.7. The van der Waals surface area contributed by atoms with Crippen LogP contribution in [0.25, 0.3) is 0 Å². The third-order valence-corrected chi connectivity index (χ3v) is 4.82. The van der Waals surface area contributed by atoms with Crippen LogP contribution >= 0.6 is 0 Å². The van der Waals surface area contributed by atoms with Crippen molar-refractivity contribution in [3.63, 3.8) is 0 Å². The summed E-state index contributed by atoms with van der Waals surface area (Å²) in [7, 11) is -0.534. The molecule has 20 heavy (non-hydrogen) atoms. The van der Waals surface area contributed by atoms with Gasteiger partial charge < -0.3 is 16.2 Å². The van der Waals surface area contributed by atoms with Crippen LogP contribution in [0.4, 0.5) is 11.4 Å². The van der Waals surface area contributed by atoms with Crippen LogP contribution in [-0.4, -0.2) is 44.1 Å². The Morgan fingerprint density at radius 1 is 1.35 bits per heavy atom. The fraction of sp³-hybridized carbons (Fsp3) is 0.538. The molecule has 0 aliphatic heterocycles. The lowest BCUT2D eigenvalue weighted by molar-refractivity contribution is 0.261. The summed E-state index contributed by atoms with van der Waals surface area (Å²) in [6, 6.07) is 4.56. The Bertz CT molecular complexity index is 568. The van der Waals surface area contributed by atoms with Crippen molar-refractivity contribution in [3.05, 3.63) is 18.2 Å². The van der Waals surface area contributed by atoms with E-state index in [0.29, 0.717) is 17.8 Å². The second-order valence-electron chi connectivity index (χ2n) is 5.52. The molecule has 0 aliphatic carbocycles. The number of rotatable bonds is 6. The molecule has 0 aromatic heterocycles. The smallest absolute Gasteiger partial charge is 0.242 e. The van der Waals surface area contributed by atoms with E-state index in [9.17, 15) is 8.42 Å². The third-order valence-electron chi connectivity index (χ3n) is 3.01. The van der Waals surface area contributed by atoms with Gasteiger partial charge in [-0.05, 0) is 38.5 Å². The fourth-order valence-corrected chi connectivity index (χ4v) is 2.65. The largest absolute Gasteiger partial charge is 0.397 e. The quantitative estimate of drug-likeness (QED) is 0.684. The lowest BCUT2D eigenvalue weighted by Gasteiger charge is -2.28. The molecule has 7 heteroatoms. The number of anilines is 2. The molecule has 4 N–H and O–H groups in total. The minimum atomic E-state index is -3.50. The van der Waals surface area contributed by atoms with Gasteiger partial charge in [-0.1, -0.05) is 0 Å². The molecular weight excluding hydrogens is 278 g/mol. The minimum absolute atomic E-state index is 0.0373. The molecule has 1 rings (SSSR count). The zero-order chi connectivity index (χ0) is 15.6. The van der Waals surface area contributed by atoms with E-state index in [1.807, 2.05) is 13.8 Å². The Labute approximate surface area is 120 Å². The second kappa shape index (κ2) is 5.99. The standard InChI is InChI=1S/C13H23N3O3S/c1-13(2,7-8-17)15-12-9-10(5-6-11(12)14)20(18,19)16(3)4/h5-6,9,15,17H,7-8,14H2,1-4H3. The van der Waals surface area contributed by atoms with Gasteiger partial charge >= 0.3 is 0 Å². The molecule has 0 bridgehead atoms. The van der Waals surface area contributed by atoms with E-state index in [-0.39, 0.29) is 17.0 Å². The van der Waals surface area contributed by atoms with E-state index in [1.54, 1.807) is 6.07 Å². The van der Waals surface area contributed by atoms with E-state index in [4.69, 9.17) is 10.8 Å². The summed E-state index contributed by atoms with van der Waals surface area (Å²) in [6.45, 7) is 3.86. The van der Waals surface area contributed by atoms with Crippen molar-refractivity contribution in [2.75, 3.05) is 31.8 Å². The molecule has 0 atom stereocenters. The van der Waals surface area contributed by atoms with Crippen molar-refractivity contribution in [2.24, 2.45) is 0 Å². The van der Waals surface area contributed by atoms with Gasteiger partial charge in [-0.15, -0.1) is 0 Å². The third kappa shape index (κ3) is 3.84. The summed E-state index contributed by atoms with van der Waals surface area (Å²) in [5, 5.41) is 12.2. The Balaban J connectivity index is 3.17. The van der Waals surface area contributed by atoms with E-state index in [1.165, 1.54) is 26.2 Å². The number of benzene rings is 1. The zero-order valence-corrected chi connectivity index (χ0v) is 13.2. The molecule has 6 nitrogen and oxygen atoms in total. The Morgan fingerprint density at radius 3 is 2.45 bits per heavy atom.